The summed E-state index contributed by atoms with van der Waals surface area (Å²) in [5, 5.41) is 12.3. The molecule has 3 heterocycles. The van der Waals surface area contributed by atoms with Gasteiger partial charge in [-0.15, -0.1) is 21.5 Å². The predicted molar refractivity (Wildman–Crippen MR) is 133 cm³/mol. The first kappa shape index (κ1) is 23.3. The number of carbonyl (C=O) groups excluding carboxylic acids is 1. The molecule has 0 saturated carbocycles. The lowest BCUT2D eigenvalue weighted by Gasteiger charge is -2.20. The van der Waals surface area contributed by atoms with Crippen LogP contribution >= 0.6 is 23.1 Å². The summed E-state index contributed by atoms with van der Waals surface area (Å²) >= 11 is 3.05. The van der Waals surface area contributed by atoms with Crippen molar-refractivity contribution in [3.8, 4) is 11.6 Å². The number of thioether (sulfide) groups is 1. The van der Waals surface area contributed by atoms with Gasteiger partial charge in [-0.2, -0.15) is 0 Å². The standard InChI is InChI=1S/C24H27N5O2S2/c1-15(2)12-28-22(21-7-6-10-31-21)26-27-24(28)33-14-19-13-32-23(25-19)29(18(5)30)20-9-8-16(3)11-17(20)4/h6-11,13,15H,12,14H2,1-5H3. The van der Waals surface area contributed by atoms with Crippen LogP contribution in [0, 0.1) is 19.8 Å². The van der Waals surface area contributed by atoms with Gasteiger partial charge in [-0.05, 0) is 43.5 Å². The fourth-order valence-electron chi connectivity index (χ4n) is 3.58. The van der Waals surface area contributed by atoms with Crippen molar-refractivity contribution in [1.29, 1.82) is 0 Å². The van der Waals surface area contributed by atoms with Crippen LogP contribution in [0.4, 0.5) is 10.8 Å². The Kier molecular flexibility index (Phi) is 6.99. The lowest BCUT2D eigenvalue weighted by Crippen LogP contribution is -2.23. The minimum absolute atomic E-state index is 0.0599. The van der Waals surface area contributed by atoms with Crippen LogP contribution in [0.15, 0.2) is 51.5 Å². The Bertz CT molecular complexity index is 1240. The van der Waals surface area contributed by atoms with Gasteiger partial charge in [0.25, 0.3) is 0 Å². The normalized spacial score (nSPS) is 11.3. The van der Waals surface area contributed by atoms with E-state index in [4.69, 9.17) is 9.40 Å². The molecule has 1 aromatic carbocycles. The molecule has 0 spiro atoms. The number of hydrogen-bond acceptors (Lipinski definition) is 7. The molecule has 4 aromatic rings. The zero-order valence-electron chi connectivity index (χ0n) is 19.4. The molecule has 7 nitrogen and oxygen atoms in total. The van der Waals surface area contributed by atoms with E-state index in [9.17, 15) is 4.79 Å². The summed E-state index contributed by atoms with van der Waals surface area (Å²) in [6, 6.07) is 9.82. The molecule has 1 amide bonds. The maximum absolute atomic E-state index is 12.5. The van der Waals surface area contributed by atoms with Crippen molar-refractivity contribution in [1.82, 2.24) is 19.7 Å². The van der Waals surface area contributed by atoms with Gasteiger partial charge in [0.15, 0.2) is 21.9 Å². The number of anilines is 2. The second kappa shape index (κ2) is 9.93. The van der Waals surface area contributed by atoms with E-state index >= 15 is 0 Å². The molecule has 0 fully saturated rings. The van der Waals surface area contributed by atoms with Crippen LogP contribution in [-0.4, -0.2) is 25.7 Å². The second-order valence-corrected chi connectivity index (χ2v) is 10.1. The van der Waals surface area contributed by atoms with E-state index in [2.05, 4.69) is 34.7 Å². The highest BCUT2D eigenvalue weighted by molar-refractivity contribution is 7.98. The molecule has 3 aromatic heterocycles. The molecule has 0 unspecified atom stereocenters. The fraction of sp³-hybridized carbons (Fsp3) is 0.333. The largest absolute Gasteiger partial charge is 0.461 e. The summed E-state index contributed by atoms with van der Waals surface area (Å²) in [4.78, 5) is 18.9. The number of thiazole rings is 1. The van der Waals surface area contributed by atoms with Gasteiger partial charge in [-0.3, -0.25) is 14.3 Å². The van der Waals surface area contributed by atoms with Crippen LogP contribution in [0.2, 0.25) is 0 Å². The molecule has 0 N–H and O–H groups in total. The van der Waals surface area contributed by atoms with E-state index < -0.39 is 0 Å². The maximum Gasteiger partial charge on any atom is 0.230 e. The van der Waals surface area contributed by atoms with Gasteiger partial charge in [-0.25, -0.2) is 4.98 Å². The average molecular weight is 482 g/mol. The van der Waals surface area contributed by atoms with E-state index in [1.807, 2.05) is 43.5 Å². The number of rotatable bonds is 8. The van der Waals surface area contributed by atoms with E-state index in [0.29, 0.717) is 22.6 Å². The minimum atomic E-state index is -0.0599. The van der Waals surface area contributed by atoms with Crippen LogP contribution in [0.25, 0.3) is 11.6 Å². The maximum atomic E-state index is 12.5. The van der Waals surface area contributed by atoms with Gasteiger partial charge in [-0.1, -0.05) is 43.3 Å². The molecule has 9 heteroatoms. The Morgan fingerprint density at radius 2 is 2.06 bits per heavy atom. The first-order valence-electron chi connectivity index (χ1n) is 10.8. The Labute approximate surface area is 201 Å². The molecule has 0 radical (unpaired) electrons. The first-order chi connectivity index (χ1) is 15.8. The number of carbonyl (C=O) groups is 1. The molecule has 0 atom stereocenters. The highest BCUT2D eigenvalue weighted by atomic mass is 32.2. The van der Waals surface area contributed by atoms with Gasteiger partial charge >= 0.3 is 0 Å². The highest BCUT2D eigenvalue weighted by Crippen LogP contribution is 2.34. The smallest absolute Gasteiger partial charge is 0.230 e. The third-order valence-electron chi connectivity index (χ3n) is 4.99. The Morgan fingerprint density at radius 1 is 1.24 bits per heavy atom. The molecular formula is C24H27N5O2S2. The Hall–Kier alpha value is -2.91. The fourth-order valence-corrected chi connectivity index (χ4v) is 5.41. The van der Waals surface area contributed by atoms with Crippen molar-refractivity contribution in [2.24, 2.45) is 5.92 Å². The third kappa shape index (κ3) is 5.20. The summed E-state index contributed by atoms with van der Waals surface area (Å²) in [7, 11) is 0. The van der Waals surface area contributed by atoms with Crippen LogP contribution in [-0.2, 0) is 17.1 Å². The zero-order valence-corrected chi connectivity index (χ0v) is 21.0. The number of aryl methyl sites for hydroxylation is 2. The van der Waals surface area contributed by atoms with Crippen molar-refractivity contribution >= 4 is 39.8 Å². The second-order valence-electron chi connectivity index (χ2n) is 8.34. The van der Waals surface area contributed by atoms with Crippen molar-refractivity contribution < 1.29 is 9.21 Å². The molecule has 0 aliphatic heterocycles. The molecule has 33 heavy (non-hydrogen) atoms. The van der Waals surface area contributed by atoms with Gasteiger partial charge in [0.05, 0.1) is 17.6 Å². The van der Waals surface area contributed by atoms with Gasteiger partial charge in [0.1, 0.15) is 0 Å². The lowest BCUT2D eigenvalue weighted by atomic mass is 10.1. The predicted octanol–water partition coefficient (Wildman–Crippen LogP) is 6.24. The van der Waals surface area contributed by atoms with Crippen LogP contribution < -0.4 is 4.90 Å². The number of benzene rings is 1. The SMILES string of the molecule is CC(=O)N(c1nc(CSc2nnc(-c3ccco3)n2CC(C)C)cs1)c1ccc(C)cc1C. The van der Waals surface area contributed by atoms with Crippen molar-refractivity contribution in [2.45, 2.75) is 52.1 Å². The van der Waals surface area contributed by atoms with E-state index in [0.717, 1.165) is 40.0 Å². The Morgan fingerprint density at radius 3 is 2.73 bits per heavy atom. The first-order valence-corrected chi connectivity index (χ1v) is 12.6. The van der Waals surface area contributed by atoms with E-state index in [1.165, 1.54) is 11.3 Å². The molecule has 0 aliphatic rings. The van der Waals surface area contributed by atoms with E-state index in [-0.39, 0.29) is 5.91 Å². The summed E-state index contributed by atoms with van der Waals surface area (Å²) in [6.45, 7) is 10.7. The molecular weight excluding hydrogens is 454 g/mol. The van der Waals surface area contributed by atoms with Gasteiger partial charge in [0.2, 0.25) is 5.91 Å². The van der Waals surface area contributed by atoms with Gasteiger partial charge < -0.3 is 4.42 Å². The molecule has 0 aliphatic carbocycles. The van der Waals surface area contributed by atoms with Gasteiger partial charge in [0, 0.05) is 24.6 Å². The number of hydrogen-bond donors (Lipinski definition) is 0. The minimum Gasteiger partial charge on any atom is -0.461 e. The number of amides is 1. The third-order valence-corrected chi connectivity index (χ3v) is 6.87. The average Bonchev–Trinajstić information content (AvgIpc) is 3.49. The molecule has 4 rings (SSSR count). The van der Waals surface area contributed by atoms with E-state index in [1.54, 1.807) is 29.8 Å². The summed E-state index contributed by atoms with van der Waals surface area (Å²) in [5.74, 6) is 2.44. The monoisotopic (exact) mass is 481 g/mol. The summed E-state index contributed by atoms with van der Waals surface area (Å²) in [5.41, 5.74) is 3.97. The number of nitrogens with zero attached hydrogens (tertiary/aromatic N) is 5. The Balaban J connectivity index is 1.55. The highest BCUT2D eigenvalue weighted by Gasteiger charge is 2.21. The van der Waals surface area contributed by atoms with Crippen molar-refractivity contribution in [3.63, 3.8) is 0 Å². The molecule has 0 bridgehead atoms. The van der Waals surface area contributed by atoms with Crippen LogP contribution in [0.5, 0.6) is 0 Å². The zero-order chi connectivity index (χ0) is 23.5. The quantitative estimate of drug-likeness (QED) is 0.277. The number of aromatic nitrogens is 4. The molecule has 172 valence electrons. The lowest BCUT2D eigenvalue weighted by molar-refractivity contribution is -0.115. The van der Waals surface area contributed by atoms with Crippen LogP contribution in [0.1, 0.15) is 37.6 Å². The summed E-state index contributed by atoms with van der Waals surface area (Å²) in [6.07, 6.45) is 1.64. The molecule has 0 saturated heterocycles. The number of furan rings is 1. The summed E-state index contributed by atoms with van der Waals surface area (Å²) < 4.78 is 7.64. The topological polar surface area (TPSA) is 77.1 Å². The van der Waals surface area contributed by atoms with Crippen molar-refractivity contribution in [2.75, 3.05) is 4.90 Å². The van der Waals surface area contributed by atoms with Crippen molar-refractivity contribution in [3.05, 3.63) is 58.8 Å². The van der Waals surface area contributed by atoms with Crippen LogP contribution in [0.3, 0.4) is 0 Å².